The second-order valence-electron chi connectivity index (χ2n) is 5.35. The Balaban J connectivity index is 2.44. The number of hydrogen-bond acceptors (Lipinski definition) is 3. The molecule has 100 valence electrons. The Morgan fingerprint density at radius 2 is 1.94 bits per heavy atom. The van der Waals surface area contributed by atoms with E-state index < -0.39 is 0 Å². The summed E-state index contributed by atoms with van der Waals surface area (Å²) in [5, 5.41) is 2.91. The van der Waals surface area contributed by atoms with Crippen LogP contribution in [0.3, 0.4) is 0 Å². The van der Waals surface area contributed by atoms with Crippen molar-refractivity contribution in [2.75, 3.05) is 12.8 Å². The summed E-state index contributed by atoms with van der Waals surface area (Å²) in [6.07, 6.45) is 8.56. The lowest BCUT2D eigenvalue weighted by Crippen LogP contribution is -2.45. The number of carbonyl (C=O) groups is 1. The third-order valence-corrected chi connectivity index (χ3v) is 5.93. The monoisotopic (exact) mass is 275 g/mol. The zero-order valence-corrected chi connectivity index (χ0v) is 12.9. The van der Waals surface area contributed by atoms with Gasteiger partial charge in [0.1, 0.15) is 0 Å². The number of amides is 1. The fourth-order valence-electron chi connectivity index (χ4n) is 2.30. The third-order valence-electron chi connectivity index (χ3n) is 3.68. The molecule has 2 nitrogen and oxygen atoms in total. The summed E-state index contributed by atoms with van der Waals surface area (Å²) in [5.74, 6) is 0.372. The van der Waals surface area contributed by atoms with Crippen LogP contribution >= 0.6 is 24.4 Å². The van der Waals surface area contributed by atoms with Crippen molar-refractivity contribution in [1.29, 1.82) is 0 Å². The van der Waals surface area contributed by atoms with Gasteiger partial charge in [0.25, 0.3) is 0 Å². The van der Waals surface area contributed by atoms with Gasteiger partial charge in [-0.1, -0.05) is 33.1 Å². The van der Waals surface area contributed by atoms with E-state index in [-0.39, 0.29) is 21.8 Å². The van der Waals surface area contributed by atoms with Crippen molar-refractivity contribution in [2.24, 2.45) is 5.92 Å². The largest absolute Gasteiger partial charge is 0.354 e. The zero-order chi connectivity index (χ0) is 12.9. The molecule has 17 heavy (non-hydrogen) atoms. The number of nitrogens with one attached hydrogen (secondary N) is 1. The number of carbonyl (C=O) groups excluding carboxylic acids is 1. The van der Waals surface area contributed by atoms with Crippen molar-refractivity contribution < 1.29 is 4.79 Å². The van der Waals surface area contributed by atoms with Gasteiger partial charge < -0.3 is 5.32 Å². The second kappa shape index (κ2) is 6.93. The van der Waals surface area contributed by atoms with Gasteiger partial charge in [0, 0.05) is 11.3 Å². The van der Waals surface area contributed by atoms with Crippen LogP contribution in [0.5, 0.6) is 0 Å². The van der Waals surface area contributed by atoms with Gasteiger partial charge in [0.2, 0.25) is 5.91 Å². The Morgan fingerprint density at radius 3 is 2.41 bits per heavy atom. The van der Waals surface area contributed by atoms with Crippen LogP contribution in [-0.4, -0.2) is 28.7 Å². The molecule has 0 aromatic carbocycles. The first-order valence-electron chi connectivity index (χ1n) is 6.52. The molecule has 0 aliphatic heterocycles. The summed E-state index contributed by atoms with van der Waals surface area (Å²) in [5.41, 5.74) is 0. The van der Waals surface area contributed by atoms with Crippen LogP contribution in [0.2, 0.25) is 0 Å². The topological polar surface area (TPSA) is 29.1 Å². The molecular weight excluding hydrogens is 250 g/mol. The highest BCUT2D eigenvalue weighted by Crippen LogP contribution is 2.37. The summed E-state index contributed by atoms with van der Waals surface area (Å²) in [4.78, 5) is 11.9. The van der Waals surface area contributed by atoms with Crippen molar-refractivity contribution in [3.63, 3.8) is 0 Å². The Labute approximate surface area is 115 Å². The van der Waals surface area contributed by atoms with Crippen molar-refractivity contribution in [2.45, 2.75) is 55.9 Å². The third kappa shape index (κ3) is 4.40. The second-order valence-corrected chi connectivity index (χ2v) is 7.19. The van der Waals surface area contributed by atoms with Crippen LogP contribution in [0, 0.1) is 5.92 Å². The van der Waals surface area contributed by atoms with E-state index in [0.29, 0.717) is 0 Å². The van der Waals surface area contributed by atoms with Crippen molar-refractivity contribution in [3.05, 3.63) is 0 Å². The number of hydrogen-bond donors (Lipinski definition) is 2. The Morgan fingerprint density at radius 1 is 1.35 bits per heavy atom. The predicted octanol–water partition coefficient (Wildman–Crippen LogP) is 3.12. The van der Waals surface area contributed by atoms with E-state index in [1.807, 2.05) is 25.6 Å². The molecule has 1 atom stereocenters. The van der Waals surface area contributed by atoms with Gasteiger partial charge in [-0.15, -0.1) is 0 Å². The summed E-state index contributed by atoms with van der Waals surface area (Å²) in [6, 6.07) is 0. The molecule has 4 heteroatoms. The van der Waals surface area contributed by atoms with Crippen LogP contribution in [0.1, 0.15) is 46.0 Å². The fourth-order valence-corrected chi connectivity index (χ4v) is 3.31. The highest BCUT2D eigenvalue weighted by atomic mass is 32.2. The van der Waals surface area contributed by atoms with Gasteiger partial charge >= 0.3 is 0 Å². The smallest absolute Gasteiger partial charge is 0.233 e. The maximum atomic E-state index is 11.9. The van der Waals surface area contributed by atoms with Crippen molar-refractivity contribution >= 4 is 30.3 Å². The van der Waals surface area contributed by atoms with Gasteiger partial charge in [-0.3, -0.25) is 4.79 Å². The Bertz CT molecular complexity index is 250. The summed E-state index contributed by atoms with van der Waals surface area (Å²) in [6.45, 7) is 4.86. The normalized spacial score (nSPS) is 21.2. The highest BCUT2D eigenvalue weighted by molar-refractivity contribution is 8.00. The molecule has 0 heterocycles. The molecule has 0 radical (unpaired) electrons. The average Bonchev–Trinajstić information content (AvgIpc) is 2.36. The van der Waals surface area contributed by atoms with Crippen molar-refractivity contribution in [1.82, 2.24) is 5.32 Å². The highest BCUT2D eigenvalue weighted by Gasteiger charge is 2.32. The van der Waals surface area contributed by atoms with E-state index >= 15 is 0 Å². The van der Waals surface area contributed by atoms with Crippen molar-refractivity contribution in [3.8, 4) is 0 Å². The number of thioether (sulfide) groups is 1. The quantitative estimate of drug-likeness (QED) is 0.755. The van der Waals surface area contributed by atoms with Crippen LogP contribution in [0.25, 0.3) is 0 Å². The molecular formula is C13H25NOS2. The molecule has 0 saturated heterocycles. The van der Waals surface area contributed by atoms with E-state index in [0.717, 1.165) is 6.54 Å². The zero-order valence-electron chi connectivity index (χ0n) is 11.2. The van der Waals surface area contributed by atoms with E-state index in [9.17, 15) is 4.79 Å². The molecule has 0 aromatic rings. The Kier molecular flexibility index (Phi) is 6.21. The SMILES string of the molecule is CSC1(CNC(=O)C(S)C(C)C)CCCCC1. The maximum absolute atomic E-state index is 11.9. The van der Waals surface area contributed by atoms with Gasteiger partial charge in [-0.05, 0) is 25.0 Å². The van der Waals surface area contributed by atoms with Gasteiger partial charge in [-0.25, -0.2) is 0 Å². The van der Waals surface area contributed by atoms with Crippen LogP contribution in [0.15, 0.2) is 0 Å². The van der Waals surface area contributed by atoms with E-state index in [4.69, 9.17) is 0 Å². The minimum Gasteiger partial charge on any atom is -0.354 e. The maximum Gasteiger partial charge on any atom is 0.233 e. The fraction of sp³-hybridized carbons (Fsp3) is 0.923. The number of thiol groups is 1. The summed E-state index contributed by atoms with van der Waals surface area (Å²) in [7, 11) is 0. The van der Waals surface area contributed by atoms with Crippen LogP contribution < -0.4 is 5.32 Å². The molecule has 1 amide bonds. The first-order chi connectivity index (χ1) is 8.01. The minimum atomic E-state index is -0.183. The Hall–Kier alpha value is 0.170. The van der Waals surface area contributed by atoms with Crippen LogP contribution in [0.4, 0.5) is 0 Å². The molecule has 1 aliphatic carbocycles. The van der Waals surface area contributed by atoms with Gasteiger partial charge in [0.15, 0.2) is 0 Å². The molecule has 1 aliphatic rings. The van der Waals surface area contributed by atoms with E-state index in [2.05, 4.69) is 24.2 Å². The summed E-state index contributed by atoms with van der Waals surface area (Å²) < 4.78 is 0.276. The first-order valence-corrected chi connectivity index (χ1v) is 8.26. The van der Waals surface area contributed by atoms with Crippen LogP contribution in [-0.2, 0) is 4.79 Å². The molecule has 1 saturated carbocycles. The molecule has 1 fully saturated rings. The molecule has 0 aromatic heterocycles. The lowest BCUT2D eigenvalue weighted by atomic mass is 9.88. The van der Waals surface area contributed by atoms with Gasteiger partial charge in [-0.2, -0.15) is 24.4 Å². The first kappa shape index (κ1) is 15.2. The molecule has 0 bridgehead atoms. The lowest BCUT2D eigenvalue weighted by molar-refractivity contribution is -0.121. The van der Waals surface area contributed by atoms with E-state index in [1.165, 1.54) is 32.1 Å². The van der Waals surface area contributed by atoms with Gasteiger partial charge in [0.05, 0.1) is 5.25 Å². The average molecular weight is 275 g/mol. The number of rotatable bonds is 5. The molecule has 1 N–H and O–H groups in total. The molecule has 1 rings (SSSR count). The molecule has 1 unspecified atom stereocenters. The molecule has 0 spiro atoms. The summed E-state index contributed by atoms with van der Waals surface area (Å²) >= 11 is 6.27. The standard InChI is InChI=1S/C13H25NOS2/c1-10(2)11(16)12(15)14-9-13(17-3)7-5-4-6-8-13/h10-11,16H,4-9H2,1-3H3,(H,14,15). The lowest BCUT2D eigenvalue weighted by Gasteiger charge is -2.36. The minimum absolute atomic E-state index is 0.0855. The predicted molar refractivity (Wildman–Crippen MR) is 80.0 cm³/mol. The van der Waals surface area contributed by atoms with E-state index in [1.54, 1.807) is 0 Å².